The van der Waals surface area contributed by atoms with Crippen LogP contribution in [-0.2, 0) is 17.8 Å². The molecule has 0 fully saturated rings. The summed E-state index contributed by atoms with van der Waals surface area (Å²) in [7, 11) is 0. The minimum absolute atomic E-state index is 0.383. The number of carboxylic acid groups (broad SMARTS) is 1. The number of hydrogen-bond donors (Lipinski definition) is 1. The monoisotopic (exact) mass is 364 g/mol. The van der Waals surface area contributed by atoms with Gasteiger partial charge in [0, 0.05) is 47.1 Å². The van der Waals surface area contributed by atoms with Gasteiger partial charge in [-0.05, 0) is 43.9 Å². The van der Waals surface area contributed by atoms with E-state index >= 15 is 0 Å². The molecule has 6 nitrogen and oxygen atoms in total. The first-order chi connectivity index (χ1) is 12.9. The van der Waals surface area contributed by atoms with Gasteiger partial charge in [0.1, 0.15) is 0 Å². The van der Waals surface area contributed by atoms with E-state index in [0.29, 0.717) is 12.5 Å². The molecule has 0 aliphatic carbocycles. The van der Waals surface area contributed by atoms with Crippen LogP contribution in [0.25, 0.3) is 28.2 Å². The second kappa shape index (κ2) is 7.70. The average molecular weight is 364 g/mol. The van der Waals surface area contributed by atoms with Gasteiger partial charge in [0.25, 0.3) is 0 Å². The van der Waals surface area contributed by atoms with Gasteiger partial charge in [0.2, 0.25) is 0 Å². The number of aromatic nitrogens is 4. The summed E-state index contributed by atoms with van der Waals surface area (Å²) in [5.74, 6) is -0.600. The maximum Gasteiger partial charge on any atom is 0.328 e. The molecule has 140 valence electrons. The van der Waals surface area contributed by atoms with E-state index in [1.54, 1.807) is 18.5 Å². The van der Waals surface area contributed by atoms with Crippen molar-refractivity contribution < 1.29 is 9.90 Å². The number of rotatable bonds is 6. The van der Waals surface area contributed by atoms with Gasteiger partial charge >= 0.3 is 5.97 Å². The van der Waals surface area contributed by atoms with Crippen LogP contribution in [0.4, 0.5) is 0 Å². The first-order valence-corrected chi connectivity index (χ1v) is 9.12. The molecule has 1 N–H and O–H groups in total. The highest BCUT2D eigenvalue weighted by molar-refractivity contribution is 5.99. The van der Waals surface area contributed by atoms with Crippen molar-refractivity contribution in [1.82, 2.24) is 19.7 Å². The first-order valence-electron chi connectivity index (χ1n) is 9.12. The quantitative estimate of drug-likeness (QED) is 0.666. The summed E-state index contributed by atoms with van der Waals surface area (Å²) in [4.78, 5) is 20.4. The van der Waals surface area contributed by atoms with Crippen molar-refractivity contribution >= 4 is 23.1 Å². The Balaban J connectivity index is 2.41. The number of carbonyl (C=O) groups is 1. The summed E-state index contributed by atoms with van der Waals surface area (Å²) in [6.07, 6.45) is 8.98. The summed E-state index contributed by atoms with van der Waals surface area (Å²) in [5, 5.41) is 14.5. The van der Waals surface area contributed by atoms with Crippen LogP contribution >= 0.6 is 0 Å². The molecular weight excluding hydrogens is 340 g/mol. The van der Waals surface area contributed by atoms with Crippen LogP contribution in [0.3, 0.4) is 0 Å². The van der Waals surface area contributed by atoms with E-state index in [9.17, 15) is 9.90 Å². The second-order valence-electron chi connectivity index (χ2n) is 7.07. The molecule has 27 heavy (non-hydrogen) atoms. The largest absolute Gasteiger partial charge is 0.478 e. The molecule has 3 heterocycles. The molecule has 0 bridgehead atoms. The van der Waals surface area contributed by atoms with Crippen molar-refractivity contribution in [2.75, 3.05) is 0 Å². The van der Waals surface area contributed by atoms with Crippen molar-refractivity contribution in [2.45, 2.75) is 40.7 Å². The fraction of sp³-hybridized carbons (Fsp3) is 0.333. The number of aliphatic carboxylic acids is 1. The summed E-state index contributed by atoms with van der Waals surface area (Å²) >= 11 is 0. The SMILES string of the molecule is CCn1ncc2c(-c3cncc(C)c3)c(/C=C/C(=O)O)c(CC(C)C)nc21. The Hall–Kier alpha value is -3.02. The predicted octanol–water partition coefficient (Wildman–Crippen LogP) is 4.12. The first kappa shape index (κ1) is 18.8. The molecule has 3 aromatic rings. The van der Waals surface area contributed by atoms with Gasteiger partial charge < -0.3 is 5.11 Å². The van der Waals surface area contributed by atoms with E-state index in [2.05, 4.69) is 30.0 Å². The summed E-state index contributed by atoms with van der Waals surface area (Å²) in [6, 6.07) is 2.06. The third kappa shape index (κ3) is 3.89. The maximum atomic E-state index is 11.2. The molecule has 6 heteroatoms. The molecule has 0 atom stereocenters. The van der Waals surface area contributed by atoms with Crippen molar-refractivity contribution in [3.63, 3.8) is 0 Å². The molecule has 0 radical (unpaired) electrons. The summed E-state index contributed by atoms with van der Waals surface area (Å²) in [6.45, 7) is 8.99. The van der Waals surface area contributed by atoms with Crippen LogP contribution in [0.15, 0.2) is 30.7 Å². The maximum absolute atomic E-state index is 11.2. The van der Waals surface area contributed by atoms with E-state index in [-0.39, 0.29) is 0 Å². The molecular formula is C21H24N4O2. The van der Waals surface area contributed by atoms with E-state index < -0.39 is 5.97 Å². The average Bonchev–Trinajstić information content (AvgIpc) is 3.01. The topological polar surface area (TPSA) is 80.9 Å². The number of carboxylic acids is 1. The van der Waals surface area contributed by atoms with Gasteiger partial charge in [0.05, 0.1) is 11.9 Å². The summed E-state index contributed by atoms with van der Waals surface area (Å²) < 4.78 is 1.87. The molecule has 0 aliphatic heterocycles. The highest BCUT2D eigenvalue weighted by Gasteiger charge is 2.19. The van der Waals surface area contributed by atoms with E-state index in [1.807, 2.05) is 24.7 Å². The molecule has 0 spiro atoms. The number of nitrogens with zero attached hydrogens (tertiary/aromatic N) is 4. The lowest BCUT2D eigenvalue weighted by Gasteiger charge is -2.15. The zero-order chi connectivity index (χ0) is 19.6. The number of fused-ring (bicyclic) bond motifs is 1. The highest BCUT2D eigenvalue weighted by atomic mass is 16.4. The lowest BCUT2D eigenvalue weighted by Crippen LogP contribution is -2.06. The van der Waals surface area contributed by atoms with Crippen LogP contribution in [0.2, 0.25) is 0 Å². The van der Waals surface area contributed by atoms with Gasteiger partial charge in [-0.1, -0.05) is 13.8 Å². The lowest BCUT2D eigenvalue weighted by molar-refractivity contribution is -0.131. The Labute approximate surface area is 158 Å². The third-order valence-corrected chi connectivity index (χ3v) is 4.36. The molecule has 0 unspecified atom stereocenters. The van der Waals surface area contributed by atoms with Gasteiger partial charge in [-0.15, -0.1) is 0 Å². The smallest absolute Gasteiger partial charge is 0.328 e. The fourth-order valence-corrected chi connectivity index (χ4v) is 3.26. The minimum Gasteiger partial charge on any atom is -0.478 e. The van der Waals surface area contributed by atoms with Crippen molar-refractivity contribution in [3.05, 3.63) is 47.6 Å². The Morgan fingerprint density at radius 3 is 2.70 bits per heavy atom. The zero-order valence-electron chi connectivity index (χ0n) is 16.1. The standard InChI is InChI=1S/C21H24N4O2/c1-5-25-21-17(12-23-25)20(15-9-14(4)10-22-11-15)16(6-7-19(26)27)18(24-21)8-13(2)3/h6-7,9-13H,5,8H2,1-4H3,(H,26,27)/b7-6+. The van der Waals surface area contributed by atoms with Gasteiger partial charge in [0.15, 0.2) is 5.65 Å². The highest BCUT2D eigenvalue weighted by Crippen LogP contribution is 2.35. The molecule has 0 saturated carbocycles. The fourth-order valence-electron chi connectivity index (χ4n) is 3.26. The normalized spacial score (nSPS) is 11.7. The molecule has 0 saturated heterocycles. The van der Waals surface area contributed by atoms with Gasteiger partial charge in [-0.3, -0.25) is 4.98 Å². The van der Waals surface area contributed by atoms with Gasteiger partial charge in [-0.2, -0.15) is 5.10 Å². The Bertz CT molecular complexity index is 1020. The number of hydrogen-bond acceptors (Lipinski definition) is 4. The molecule has 0 aromatic carbocycles. The summed E-state index contributed by atoms with van der Waals surface area (Å²) in [5.41, 5.74) is 5.43. The minimum atomic E-state index is -0.983. The van der Waals surface area contributed by atoms with Crippen molar-refractivity contribution in [3.8, 4) is 11.1 Å². The van der Waals surface area contributed by atoms with Crippen LogP contribution < -0.4 is 0 Å². The van der Waals surface area contributed by atoms with E-state index in [4.69, 9.17) is 4.98 Å². The molecule has 0 aliphatic rings. The molecule has 0 amide bonds. The van der Waals surface area contributed by atoms with Crippen molar-refractivity contribution in [1.29, 1.82) is 0 Å². The third-order valence-electron chi connectivity index (χ3n) is 4.36. The Morgan fingerprint density at radius 1 is 1.30 bits per heavy atom. The van der Waals surface area contributed by atoms with E-state index in [1.165, 1.54) is 6.08 Å². The predicted molar refractivity (Wildman–Crippen MR) is 106 cm³/mol. The Kier molecular flexibility index (Phi) is 5.35. The van der Waals surface area contributed by atoms with E-state index in [0.717, 1.165) is 45.4 Å². The van der Waals surface area contributed by atoms with Crippen LogP contribution in [0.1, 0.15) is 37.6 Å². The van der Waals surface area contributed by atoms with Crippen molar-refractivity contribution in [2.24, 2.45) is 5.92 Å². The van der Waals surface area contributed by atoms with Crippen LogP contribution in [-0.4, -0.2) is 30.8 Å². The molecule has 3 aromatic heterocycles. The Morgan fingerprint density at radius 2 is 2.07 bits per heavy atom. The van der Waals surface area contributed by atoms with Gasteiger partial charge in [-0.25, -0.2) is 14.5 Å². The van der Waals surface area contributed by atoms with Crippen LogP contribution in [0, 0.1) is 12.8 Å². The molecule has 3 rings (SSSR count). The lowest BCUT2D eigenvalue weighted by atomic mass is 9.93. The number of pyridine rings is 2. The second-order valence-corrected chi connectivity index (χ2v) is 7.07. The number of aryl methyl sites for hydroxylation is 2. The van der Waals surface area contributed by atoms with Crippen LogP contribution in [0.5, 0.6) is 0 Å². The zero-order valence-corrected chi connectivity index (χ0v) is 16.1.